The number of nitrogens with zero attached hydrogens (tertiary/aromatic N) is 2. The van der Waals surface area contributed by atoms with Gasteiger partial charge in [0, 0.05) is 23.9 Å². The van der Waals surface area contributed by atoms with E-state index in [-0.39, 0.29) is 18.8 Å². The summed E-state index contributed by atoms with van der Waals surface area (Å²) in [6, 6.07) is 0. The van der Waals surface area contributed by atoms with E-state index in [0.29, 0.717) is 16.8 Å². The molecular formula is C11H15N3O4. The van der Waals surface area contributed by atoms with E-state index < -0.39 is 10.9 Å². The average Bonchev–Trinajstić information content (AvgIpc) is 2.31. The normalized spacial score (nSPS) is 10.2. The number of aryl methyl sites for hydroxylation is 1. The maximum Gasteiger partial charge on any atom is 0.319 e. The summed E-state index contributed by atoms with van der Waals surface area (Å²) in [5.41, 5.74) is 1.66. The highest BCUT2D eigenvalue weighted by Crippen LogP contribution is 2.23. The number of nitrogens with one attached hydrogen (secondary N) is 1. The Kier molecular flexibility index (Phi) is 4.73. The van der Waals surface area contributed by atoms with Gasteiger partial charge in [0.15, 0.2) is 0 Å². The number of methoxy groups -OCH3 is 1. The summed E-state index contributed by atoms with van der Waals surface area (Å²) in [6.07, 6.45) is 1.46. The van der Waals surface area contributed by atoms with E-state index in [1.165, 1.54) is 13.3 Å². The van der Waals surface area contributed by atoms with Gasteiger partial charge in [-0.05, 0) is 13.8 Å². The summed E-state index contributed by atoms with van der Waals surface area (Å²) < 4.78 is 4.47. The molecule has 0 aliphatic carbocycles. The van der Waals surface area contributed by atoms with Gasteiger partial charge >= 0.3 is 5.97 Å². The predicted octanol–water partition coefficient (Wildman–Crippen LogP) is 0.869. The Bertz CT molecular complexity index is 474. The summed E-state index contributed by atoms with van der Waals surface area (Å²) in [5.74, 6) is -0.394. The highest BCUT2D eigenvalue weighted by Gasteiger charge is 2.18. The van der Waals surface area contributed by atoms with Gasteiger partial charge < -0.3 is 10.1 Å². The number of aromatic nitrogens is 1. The number of hydrogen-bond acceptors (Lipinski definition) is 6. The van der Waals surface area contributed by atoms with Gasteiger partial charge in [0.2, 0.25) is 0 Å². The molecular weight excluding hydrogens is 238 g/mol. The Balaban J connectivity index is 2.82. The van der Waals surface area contributed by atoms with Crippen LogP contribution in [0.4, 0.5) is 5.69 Å². The molecule has 0 saturated heterocycles. The molecule has 0 atom stereocenters. The quantitative estimate of drug-likeness (QED) is 0.475. The van der Waals surface area contributed by atoms with Crippen molar-refractivity contribution in [1.82, 2.24) is 10.3 Å². The molecule has 1 rings (SSSR count). The molecule has 7 nitrogen and oxygen atoms in total. The number of pyridine rings is 1. The van der Waals surface area contributed by atoms with Crippen LogP contribution < -0.4 is 5.32 Å². The molecule has 18 heavy (non-hydrogen) atoms. The zero-order valence-electron chi connectivity index (χ0n) is 10.5. The van der Waals surface area contributed by atoms with E-state index >= 15 is 0 Å². The fourth-order valence-electron chi connectivity index (χ4n) is 1.58. The fraction of sp³-hybridized carbons (Fsp3) is 0.455. The van der Waals surface area contributed by atoms with Gasteiger partial charge in [-0.2, -0.15) is 0 Å². The first-order valence-corrected chi connectivity index (χ1v) is 5.34. The molecule has 7 heteroatoms. The lowest BCUT2D eigenvalue weighted by Crippen LogP contribution is -2.24. The number of carbonyl (C=O) groups is 1. The van der Waals surface area contributed by atoms with Crippen molar-refractivity contribution in [3.63, 3.8) is 0 Å². The third kappa shape index (κ3) is 3.24. The third-order valence-corrected chi connectivity index (χ3v) is 2.55. The number of esters is 1. The van der Waals surface area contributed by atoms with Gasteiger partial charge in [-0.15, -0.1) is 0 Å². The number of carbonyl (C=O) groups excluding carboxylic acids is 1. The molecule has 1 aromatic rings. The first kappa shape index (κ1) is 14.0. The molecule has 0 radical (unpaired) electrons. The summed E-state index contributed by atoms with van der Waals surface area (Å²) in [6.45, 7) is 3.61. The predicted molar refractivity (Wildman–Crippen MR) is 64.1 cm³/mol. The summed E-state index contributed by atoms with van der Waals surface area (Å²) in [4.78, 5) is 25.5. The Morgan fingerprint density at radius 1 is 1.56 bits per heavy atom. The van der Waals surface area contributed by atoms with Crippen LogP contribution in [0.2, 0.25) is 0 Å². The second kappa shape index (κ2) is 6.06. The van der Waals surface area contributed by atoms with Crippen molar-refractivity contribution in [2.45, 2.75) is 20.4 Å². The standard InChI is InChI=1S/C11H15N3O4/c1-7-4-13-9(5-12-6-10(15)18-3)8(2)11(7)14(16)17/h4,12H,5-6H2,1-3H3. The highest BCUT2D eigenvalue weighted by atomic mass is 16.6. The van der Waals surface area contributed by atoms with Crippen LogP contribution in [0.15, 0.2) is 6.20 Å². The zero-order chi connectivity index (χ0) is 13.7. The summed E-state index contributed by atoms with van der Waals surface area (Å²) in [5, 5.41) is 13.7. The topological polar surface area (TPSA) is 94.4 Å². The SMILES string of the molecule is COC(=O)CNCc1ncc(C)c([N+](=O)[O-])c1C. The van der Waals surface area contributed by atoms with Gasteiger partial charge in [0.05, 0.1) is 24.3 Å². The minimum absolute atomic E-state index is 0.0410. The Morgan fingerprint density at radius 2 is 2.22 bits per heavy atom. The van der Waals surface area contributed by atoms with E-state index in [2.05, 4.69) is 15.0 Å². The Morgan fingerprint density at radius 3 is 2.78 bits per heavy atom. The van der Waals surface area contributed by atoms with Gasteiger partial charge in [-0.25, -0.2) is 0 Å². The van der Waals surface area contributed by atoms with E-state index in [1.807, 2.05) is 0 Å². The molecule has 0 amide bonds. The molecule has 0 fully saturated rings. The van der Waals surface area contributed by atoms with Gasteiger partial charge in [0.1, 0.15) is 0 Å². The molecule has 1 heterocycles. The van der Waals surface area contributed by atoms with Crippen LogP contribution in [0, 0.1) is 24.0 Å². The van der Waals surface area contributed by atoms with E-state index in [4.69, 9.17) is 0 Å². The van der Waals surface area contributed by atoms with Crippen molar-refractivity contribution in [2.24, 2.45) is 0 Å². The first-order chi connectivity index (χ1) is 8.47. The molecule has 0 bridgehead atoms. The van der Waals surface area contributed by atoms with Crippen LogP contribution in [-0.2, 0) is 16.1 Å². The fourth-order valence-corrected chi connectivity index (χ4v) is 1.58. The molecule has 1 N–H and O–H groups in total. The van der Waals surface area contributed by atoms with Crippen molar-refractivity contribution in [3.05, 3.63) is 33.1 Å². The van der Waals surface area contributed by atoms with Crippen molar-refractivity contribution in [1.29, 1.82) is 0 Å². The molecule has 0 aliphatic heterocycles. The average molecular weight is 253 g/mol. The maximum absolute atomic E-state index is 10.9. The van der Waals surface area contributed by atoms with Crippen molar-refractivity contribution in [2.75, 3.05) is 13.7 Å². The third-order valence-electron chi connectivity index (χ3n) is 2.55. The lowest BCUT2D eigenvalue weighted by molar-refractivity contribution is -0.386. The van der Waals surface area contributed by atoms with Crippen LogP contribution >= 0.6 is 0 Å². The number of ether oxygens (including phenoxy) is 1. The minimum Gasteiger partial charge on any atom is -0.468 e. The highest BCUT2D eigenvalue weighted by molar-refractivity contribution is 5.71. The summed E-state index contributed by atoms with van der Waals surface area (Å²) in [7, 11) is 1.30. The maximum atomic E-state index is 10.9. The molecule has 0 unspecified atom stereocenters. The smallest absolute Gasteiger partial charge is 0.319 e. The zero-order valence-corrected chi connectivity index (χ0v) is 10.5. The second-order valence-corrected chi connectivity index (χ2v) is 3.80. The largest absolute Gasteiger partial charge is 0.468 e. The van der Waals surface area contributed by atoms with E-state index in [0.717, 1.165) is 0 Å². The van der Waals surface area contributed by atoms with Crippen LogP contribution in [0.3, 0.4) is 0 Å². The van der Waals surface area contributed by atoms with Crippen molar-refractivity contribution < 1.29 is 14.5 Å². The molecule has 98 valence electrons. The van der Waals surface area contributed by atoms with Gasteiger partial charge in [-0.3, -0.25) is 19.9 Å². The van der Waals surface area contributed by atoms with Crippen LogP contribution in [-0.4, -0.2) is 29.5 Å². The van der Waals surface area contributed by atoms with E-state index in [1.54, 1.807) is 13.8 Å². The van der Waals surface area contributed by atoms with Crippen molar-refractivity contribution >= 4 is 11.7 Å². The molecule has 0 aromatic carbocycles. The lowest BCUT2D eigenvalue weighted by atomic mass is 10.1. The molecule has 0 spiro atoms. The first-order valence-electron chi connectivity index (χ1n) is 5.34. The van der Waals surface area contributed by atoms with Gasteiger partial charge in [0.25, 0.3) is 5.69 Å². The second-order valence-electron chi connectivity index (χ2n) is 3.80. The lowest BCUT2D eigenvalue weighted by Gasteiger charge is -2.08. The minimum atomic E-state index is -0.420. The number of rotatable bonds is 5. The summed E-state index contributed by atoms with van der Waals surface area (Å²) >= 11 is 0. The van der Waals surface area contributed by atoms with Crippen LogP contribution in [0.5, 0.6) is 0 Å². The molecule has 1 aromatic heterocycles. The van der Waals surface area contributed by atoms with Crippen molar-refractivity contribution in [3.8, 4) is 0 Å². The number of nitro groups is 1. The number of hydrogen-bond donors (Lipinski definition) is 1. The monoisotopic (exact) mass is 253 g/mol. The molecule has 0 saturated carbocycles. The van der Waals surface area contributed by atoms with Crippen LogP contribution in [0.25, 0.3) is 0 Å². The van der Waals surface area contributed by atoms with E-state index in [9.17, 15) is 14.9 Å². The molecule has 0 aliphatic rings. The van der Waals surface area contributed by atoms with Crippen LogP contribution in [0.1, 0.15) is 16.8 Å². The Labute approximate surface area is 104 Å². The van der Waals surface area contributed by atoms with Gasteiger partial charge in [-0.1, -0.05) is 0 Å². The Hall–Kier alpha value is -2.02.